The van der Waals surface area contributed by atoms with Gasteiger partial charge in [-0.1, -0.05) is 50.7 Å². The lowest BCUT2D eigenvalue weighted by molar-refractivity contribution is -0.135. The Hall–Kier alpha value is -2.87. The Bertz CT molecular complexity index is 1030. The summed E-state index contributed by atoms with van der Waals surface area (Å²) in [5, 5.41) is 3.20. The first kappa shape index (κ1) is 29.1. The quantitative estimate of drug-likeness (QED) is 0.350. The third-order valence-corrected chi connectivity index (χ3v) is 8.18. The van der Waals surface area contributed by atoms with E-state index in [1.165, 1.54) is 25.0 Å². The summed E-state index contributed by atoms with van der Waals surface area (Å²) >= 11 is 0. The summed E-state index contributed by atoms with van der Waals surface area (Å²) in [6, 6.07) is 10.8. The summed E-state index contributed by atoms with van der Waals surface area (Å²) < 4.78 is 20.8. The van der Waals surface area contributed by atoms with Gasteiger partial charge < -0.3 is 24.4 Å². The highest BCUT2D eigenvalue weighted by Gasteiger charge is 2.29. The molecular weight excluding hydrogens is 495 g/mol. The van der Waals surface area contributed by atoms with Gasteiger partial charge >= 0.3 is 6.03 Å². The van der Waals surface area contributed by atoms with Crippen molar-refractivity contribution in [2.24, 2.45) is 0 Å². The average molecular weight is 541 g/mol. The van der Waals surface area contributed by atoms with Gasteiger partial charge in [0.15, 0.2) is 0 Å². The fraction of sp³-hybridized carbons (Fsp3) is 0.613. The molecule has 0 spiro atoms. The maximum Gasteiger partial charge on any atom is 0.318 e. The summed E-state index contributed by atoms with van der Waals surface area (Å²) in [5.74, 6) is -0.254. The van der Waals surface area contributed by atoms with Crippen molar-refractivity contribution < 1.29 is 18.7 Å². The van der Waals surface area contributed by atoms with Crippen molar-refractivity contribution in [2.45, 2.75) is 95.8 Å². The zero-order valence-electron chi connectivity index (χ0n) is 23.5. The van der Waals surface area contributed by atoms with Crippen LogP contribution < -0.4 is 5.32 Å². The van der Waals surface area contributed by atoms with Gasteiger partial charge in [-0.3, -0.25) is 4.79 Å². The molecule has 0 atom stereocenters. The van der Waals surface area contributed by atoms with E-state index in [2.05, 4.69) is 16.0 Å². The van der Waals surface area contributed by atoms with Crippen LogP contribution in [0.15, 0.2) is 42.6 Å². The molecule has 2 aromatic rings. The van der Waals surface area contributed by atoms with Gasteiger partial charge in [-0.05, 0) is 61.9 Å². The molecule has 1 N–H and O–H groups in total. The number of benzene rings is 1. The first-order valence-electron chi connectivity index (χ1n) is 14.8. The van der Waals surface area contributed by atoms with Gasteiger partial charge in [0, 0.05) is 50.8 Å². The predicted octanol–water partition coefficient (Wildman–Crippen LogP) is 5.72. The Labute approximate surface area is 232 Å². The van der Waals surface area contributed by atoms with E-state index in [0.29, 0.717) is 32.7 Å². The molecule has 0 unspecified atom stereocenters. The number of urea groups is 1. The van der Waals surface area contributed by atoms with E-state index in [1.807, 2.05) is 17.2 Å². The van der Waals surface area contributed by atoms with Gasteiger partial charge in [-0.2, -0.15) is 0 Å². The standard InChI is InChI=1S/C31H45FN4O3/c1-39-21-9-20-35(31(38)33-27-10-4-2-5-11-27)24-30(37)36(28-12-6-3-7-13-28)23-29-14-8-19-34(29)22-25-15-17-26(32)18-16-25/h8,14-19,27-28H,2-7,9-13,20-24H2,1H3,(H,33,38). The zero-order valence-corrected chi connectivity index (χ0v) is 23.5. The van der Waals surface area contributed by atoms with Gasteiger partial charge in [0.2, 0.25) is 5.91 Å². The Morgan fingerprint density at radius 2 is 1.69 bits per heavy atom. The average Bonchev–Trinajstić information content (AvgIpc) is 3.39. The molecule has 8 heteroatoms. The number of carbonyl (C=O) groups is 2. The summed E-state index contributed by atoms with van der Waals surface area (Å²) in [7, 11) is 1.66. The van der Waals surface area contributed by atoms with Crippen molar-refractivity contribution in [3.63, 3.8) is 0 Å². The molecule has 4 rings (SSSR count). The molecule has 2 saturated carbocycles. The minimum absolute atomic E-state index is 0.00681. The van der Waals surface area contributed by atoms with Crippen molar-refractivity contribution >= 4 is 11.9 Å². The van der Waals surface area contributed by atoms with E-state index in [4.69, 9.17) is 4.74 Å². The molecule has 3 amide bonds. The van der Waals surface area contributed by atoms with Gasteiger partial charge in [-0.15, -0.1) is 0 Å². The van der Waals surface area contributed by atoms with Crippen LogP contribution in [0.25, 0.3) is 0 Å². The molecular formula is C31H45FN4O3. The number of aromatic nitrogens is 1. The molecule has 1 heterocycles. The van der Waals surface area contributed by atoms with Crippen molar-refractivity contribution in [3.05, 3.63) is 59.7 Å². The third kappa shape index (κ3) is 8.82. The van der Waals surface area contributed by atoms with E-state index >= 15 is 0 Å². The minimum atomic E-state index is -0.247. The molecule has 0 bridgehead atoms. The van der Waals surface area contributed by atoms with Crippen LogP contribution >= 0.6 is 0 Å². The van der Waals surface area contributed by atoms with Crippen molar-refractivity contribution in [3.8, 4) is 0 Å². The summed E-state index contributed by atoms with van der Waals surface area (Å²) in [4.78, 5) is 30.9. The Morgan fingerprint density at radius 3 is 2.38 bits per heavy atom. The second kappa shape index (κ2) is 15.1. The largest absolute Gasteiger partial charge is 0.385 e. The monoisotopic (exact) mass is 540 g/mol. The zero-order chi connectivity index (χ0) is 27.5. The topological polar surface area (TPSA) is 66.8 Å². The lowest BCUT2D eigenvalue weighted by Crippen LogP contribution is -2.51. The first-order valence-corrected chi connectivity index (χ1v) is 14.8. The number of hydrogen-bond acceptors (Lipinski definition) is 3. The third-order valence-electron chi connectivity index (χ3n) is 8.18. The Balaban J connectivity index is 1.48. The van der Waals surface area contributed by atoms with Gasteiger partial charge in [0.1, 0.15) is 12.4 Å². The highest BCUT2D eigenvalue weighted by atomic mass is 19.1. The van der Waals surface area contributed by atoms with Crippen molar-refractivity contribution in [1.29, 1.82) is 0 Å². The number of carbonyl (C=O) groups excluding carboxylic acids is 2. The highest BCUT2D eigenvalue weighted by Crippen LogP contribution is 2.25. The van der Waals surface area contributed by atoms with Crippen LogP contribution in [0.1, 0.15) is 81.9 Å². The number of halogens is 1. The van der Waals surface area contributed by atoms with Gasteiger partial charge in [-0.25, -0.2) is 9.18 Å². The molecule has 1 aromatic heterocycles. The van der Waals surface area contributed by atoms with Crippen LogP contribution in [-0.4, -0.2) is 65.2 Å². The number of nitrogens with one attached hydrogen (secondary N) is 1. The number of nitrogens with zero attached hydrogens (tertiary/aromatic N) is 3. The lowest BCUT2D eigenvalue weighted by Gasteiger charge is -2.36. The van der Waals surface area contributed by atoms with E-state index in [-0.39, 0.29) is 36.4 Å². The fourth-order valence-electron chi connectivity index (χ4n) is 5.94. The molecule has 2 aliphatic rings. The molecule has 7 nitrogen and oxygen atoms in total. The molecule has 0 saturated heterocycles. The smallest absolute Gasteiger partial charge is 0.318 e. The van der Waals surface area contributed by atoms with Crippen molar-refractivity contribution in [1.82, 2.24) is 19.7 Å². The fourth-order valence-corrected chi connectivity index (χ4v) is 5.94. The second-order valence-electron chi connectivity index (χ2n) is 11.1. The lowest BCUT2D eigenvalue weighted by atomic mass is 9.94. The summed E-state index contributed by atoms with van der Waals surface area (Å²) in [6.45, 7) is 2.20. The maximum absolute atomic E-state index is 13.9. The second-order valence-corrected chi connectivity index (χ2v) is 11.1. The van der Waals surface area contributed by atoms with Gasteiger partial charge in [0.05, 0.1) is 6.54 Å². The number of rotatable bonds is 12. The van der Waals surface area contributed by atoms with Gasteiger partial charge in [0.25, 0.3) is 0 Å². The Morgan fingerprint density at radius 1 is 1.00 bits per heavy atom. The number of ether oxygens (including phenoxy) is 1. The number of hydrogen-bond donors (Lipinski definition) is 1. The Kier molecular flexibility index (Phi) is 11.2. The minimum Gasteiger partial charge on any atom is -0.385 e. The van der Waals surface area contributed by atoms with Crippen LogP contribution in [0.5, 0.6) is 0 Å². The van der Waals surface area contributed by atoms with E-state index in [1.54, 1.807) is 24.1 Å². The van der Waals surface area contributed by atoms with Crippen molar-refractivity contribution in [2.75, 3.05) is 26.8 Å². The molecule has 214 valence electrons. The van der Waals surface area contributed by atoms with Crippen LogP contribution in [-0.2, 0) is 22.6 Å². The molecule has 0 radical (unpaired) electrons. The molecule has 2 aliphatic carbocycles. The summed E-state index contributed by atoms with van der Waals surface area (Å²) in [6.07, 6.45) is 13.6. The SMILES string of the molecule is COCCCN(CC(=O)N(Cc1cccn1Cc1ccc(F)cc1)C1CCCCC1)C(=O)NC1CCCCC1. The highest BCUT2D eigenvalue weighted by molar-refractivity contribution is 5.84. The number of amides is 3. The van der Waals surface area contributed by atoms with E-state index < -0.39 is 0 Å². The van der Waals surface area contributed by atoms with Crippen LogP contribution in [0, 0.1) is 5.82 Å². The maximum atomic E-state index is 13.9. The van der Waals surface area contributed by atoms with E-state index in [9.17, 15) is 14.0 Å². The molecule has 2 fully saturated rings. The number of methoxy groups -OCH3 is 1. The predicted molar refractivity (Wildman–Crippen MR) is 151 cm³/mol. The summed E-state index contributed by atoms with van der Waals surface area (Å²) in [5.41, 5.74) is 2.05. The van der Waals surface area contributed by atoms with Crippen LogP contribution in [0.4, 0.5) is 9.18 Å². The molecule has 1 aromatic carbocycles. The normalized spacial score (nSPS) is 16.7. The molecule has 39 heavy (non-hydrogen) atoms. The molecule has 0 aliphatic heterocycles. The van der Waals surface area contributed by atoms with E-state index in [0.717, 1.165) is 62.6 Å². The van der Waals surface area contributed by atoms with Crippen LogP contribution in [0.2, 0.25) is 0 Å². The first-order chi connectivity index (χ1) is 19.0. The van der Waals surface area contributed by atoms with Crippen LogP contribution in [0.3, 0.4) is 0 Å².